The van der Waals surface area contributed by atoms with Gasteiger partial charge in [-0.05, 0) is 18.8 Å². The summed E-state index contributed by atoms with van der Waals surface area (Å²) in [6.07, 6.45) is 4.97. The van der Waals surface area contributed by atoms with Crippen LogP contribution in [0.25, 0.3) is 0 Å². The standard InChI is InChI=1S/C10H18N4S/c1-8-4-2-3-5-10(8,6-11)13-9-14-12-7-15-9/h7-8H,2-6,11H2,1H3,(H,13,14). The maximum Gasteiger partial charge on any atom is 0.205 e. The molecular weight excluding hydrogens is 208 g/mol. The Morgan fingerprint density at radius 3 is 3.13 bits per heavy atom. The molecule has 1 saturated carbocycles. The third kappa shape index (κ3) is 2.13. The van der Waals surface area contributed by atoms with Gasteiger partial charge in [-0.3, -0.25) is 0 Å². The van der Waals surface area contributed by atoms with Crippen molar-refractivity contribution in [2.24, 2.45) is 11.7 Å². The van der Waals surface area contributed by atoms with E-state index in [1.807, 2.05) is 0 Å². The lowest BCUT2D eigenvalue weighted by Crippen LogP contribution is -2.52. The summed E-state index contributed by atoms with van der Waals surface area (Å²) in [7, 11) is 0. The molecule has 2 rings (SSSR count). The molecule has 15 heavy (non-hydrogen) atoms. The molecule has 0 bridgehead atoms. The molecule has 3 N–H and O–H groups in total. The molecule has 5 heteroatoms. The first kappa shape index (κ1) is 10.8. The molecule has 1 aliphatic carbocycles. The molecule has 0 amide bonds. The minimum absolute atomic E-state index is 0.0395. The van der Waals surface area contributed by atoms with Gasteiger partial charge < -0.3 is 11.1 Å². The molecule has 2 atom stereocenters. The van der Waals surface area contributed by atoms with Crippen LogP contribution in [0.4, 0.5) is 5.13 Å². The van der Waals surface area contributed by atoms with Gasteiger partial charge in [-0.1, -0.05) is 31.1 Å². The Bertz CT molecular complexity index is 300. The third-order valence-corrected chi connectivity index (χ3v) is 4.14. The lowest BCUT2D eigenvalue weighted by molar-refractivity contribution is 0.235. The van der Waals surface area contributed by atoms with E-state index in [0.717, 1.165) is 11.6 Å². The van der Waals surface area contributed by atoms with E-state index in [1.165, 1.54) is 19.3 Å². The Labute approximate surface area is 94.3 Å². The molecule has 0 saturated heterocycles. The summed E-state index contributed by atoms with van der Waals surface area (Å²) >= 11 is 1.54. The molecule has 0 spiro atoms. The number of aromatic nitrogens is 2. The first-order valence-corrected chi connectivity index (χ1v) is 6.39. The van der Waals surface area contributed by atoms with E-state index < -0.39 is 0 Å². The first-order valence-electron chi connectivity index (χ1n) is 5.51. The van der Waals surface area contributed by atoms with Crippen molar-refractivity contribution in [3.63, 3.8) is 0 Å². The van der Waals surface area contributed by atoms with E-state index in [4.69, 9.17) is 5.73 Å². The molecular formula is C10H18N4S. The Morgan fingerprint density at radius 2 is 2.53 bits per heavy atom. The van der Waals surface area contributed by atoms with Gasteiger partial charge >= 0.3 is 0 Å². The highest BCUT2D eigenvalue weighted by Crippen LogP contribution is 2.35. The summed E-state index contributed by atoms with van der Waals surface area (Å²) < 4.78 is 0. The second kappa shape index (κ2) is 4.45. The van der Waals surface area contributed by atoms with Crippen LogP contribution in [0.15, 0.2) is 5.51 Å². The van der Waals surface area contributed by atoms with Crippen molar-refractivity contribution in [1.29, 1.82) is 0 Å². The molecule has 0 aromatic carbocycles. The van der Waals surface area contributed by atoms with Crippen LogP contribution in [0, 0.1) is 5.92 Å². The Hall–Kier alpha value is -0.680. The fourth-order valence-electron chi connectivity index (χ4n) is 2.39. The smallest absolute Gasteiger partial charge is 0.205 e. The van der Waals surface area contributed by atoms with Crippen molar-refractivity contribution >= 4 is 16.5 Å². The summed E-state index contributed by atoms with van der Waals surface area (Å²) in [6, 6.07) is 0. The van der Waals surface area contributed by atoms with Crippen LogP contribution < -0.4 is 11.1 Å². The number of anilines is 1. The van der Waals surface area contributed by atoms with Gasteiger partial charge in [0.25, 0.3) is 0 Å². The zero-order valence-corrected chi connectivity index (χ0v) is 9.89. The van der Waals surface area contributed by atoms with Gasteiger partial charge in [-0.15, -0.1) is 10.2 Å². The topological polar surface area (TPSA) is 63.8 Å². The number of nitrogens with zero attached hydrogens (tertiary/aromatic N) is 2. The fraction of sp³-hybridized carbons (Fsp3) is 0.800. The van der Waals surface area contributed by atoms with Crippen LogP contribution in [0.3, 0.4) is 0 Å². The second-order valence-electron chi connectivity index (χ2n) is 4.38. The molecule has 4 nitrogen and oxygen atoms in total. The molecule has 1 aliphatic rings. The van der Waals surface area contributed by atoms with Gasteiger partial charge in [-0.2, -0.15) is 0 Å². The Balaban J connectivity index is 2.13. The average Bonchev–Trinajstić information content (AvgIpc) is 2.74. The summed E-state index contributed by atoms with van der Waals surface area (Å²) in [5, 5.41) is 12.3. The first-order chi connectivity index (χ1) is 7.27. The highest BCUT2D eigenvalue weighted by Gasteiger charge is 2.37. The van der Waals surface area contributed by atoms with E-state index in [0.29, 0.717) is 12.5 Å². The lowest BCUT2D eigenvalue weighted by Gasteiger charge is -2.42. The number of hydrogen-bond donors (Lipinski definition) is 2. The van der Waals surface area contributed by atoms with Crippen molar-refractivity contribution < 1.29 is 0 Å². The van der Waals surface area contributed by atoms with E-state index >= 15 is 0 Å². The van der Waals surface area contributed by atoms with Crippen molar-refractivity contribution in [3.05, 3.63) is 5.51 Å². The molecule has 1 fully saturated rings. The van der Waals surface area contributed by atoms with E-state index in [2.05, 4.69) is 22.4 Å². The van der Waals surface area contributed by atoms with Gasteiger partial charge in [-0.25, -0.2) is 0 Å². The highest BCUT2D eigenvalue weighted by molar-refractivity contribution is 7.13. The van der Waals surface area contributed by atoms with E-state index in [1.54, 1.807) is 16.8 Å². The summed E-state index contributed by atoms with van der Waals surface area (Å²) in [6.45, 7) is 2.95. The molecule has 0 radical (unpaired) electrons. The van der Waals surface area contributed by atoms with E-state index in [-0.39, 0.29) is 5.54 Å². The number of rotatable bonds is 3. The van der Waals surface area contributed by atoms with Gasteiger partial charge in [0.15, 0.2) is 0 Å². The number of hydrogen-bond acceptors (Lipinski definition) is 5. The summed E-state index contributed by atoms with van der Waals surface area (Å²) in [5.74, 6) is 0.611. The van der Waals surface area contributed by atoms with Gasteiger partial charge in [0.1, 0.15) is 5.51 Å². The minimum atomic E-state index is 0.0395. The monoisotopic (exact) mass is 226 g/mol. The van der Waals surface area contributed by atoms with Crippen LogP contribution >= 0.6 is 11.3 Å². The quantitative estimate of drug-likeness (QED) is 0.825. The Morgan fingerprint density at radius 1 is 1.67 bits per heavy atom. The van der Waals surface area contributed by atoms with Crippen molar-refractivity contribution in [1.82, 2.24) is 10.2 Å². The van der Waals surface area contributed by atoms with Crippen molar-refractivity contribution in [2.75, 3.05) is 11.9 Å². The summed E-state index contributed by atoms with van der Waals surface area (Å²) in [4.78, 5) is 0. The molecule has 0 aliphatic heterocycles. The predicted molar refractivity (Wildman–Crippen MR) is 62.9 cm³/mol. The molecule has 1 heterocycles. The van der Waals surface area contributed by atoms with Crippen LogP contribution in [-0.4, -0.2) is 22.3 Å². The SMILES string of the molecule is CC1CCCCC1(CN)Nc1nncs1. The molecule has 2 unspecified atom stereocenters. The Kier molecular flexibility index (Phi) is 3.21. The number of nitrogens with one attached hydrogen (secondary N) is 1. The largest absolute Gasteiger partial charge is 0.353 e. The van der Waals surface area contributed by atoms with Crippen molar-refractivity contribution in [2.45, 2.75) is 38.1 Å². The zero-order valence-electron chi connectivity index (χ0n) is 9.07. The normalized spacial score (nSPS) is 31.5. The molecule has 1 aromatic rings. The van der Waals surface area contributed by atoms with Crippen LogP contribution in [0.5, 0.6) is 0 Å². The van der Waals surface area contributed by atoms with Gasteiger partial charge in [0.2, 0.25) is 5.13 Å². The van der Waals surface area contributed by atoms with Crippen LogP contribution in [-0.2, 0) is 0 Å². The summed E-state index contributed by atoms with van der Waals surface area (Å²) in [5.41, 5.74) is 7.73. The molecule has 1 aromatic heterocycles. The second-order valence-corrected chi connectivity index (χ2v) is 5.21. The highest BCUT2D eigenvalue weighted by atomic mass is 32.1. The van der Waals surface area contributed by atoms with Gasteiger partial charge in [0.05, 0.1) is 5.54 Å². The van der Waals surface area contributed by atoms with Crippen molar-refractivity contribution in [3.8, 4) is 0 Å². The maximum atomic E-state index is 5.94. The number of nitrogens with two attached hydrogens (primary N) is 1. The predicted octanol–water partition coefficient (Wildman–Crippen LogP) is 1.86. The van der Waals surface area contributed by atoms with Gasteiger partial charge in [0, 0.05) is 6.54 Å². The van der Waals surface area contributed by atoms with E-state index in [9.17, 15) is 0 Å². The average molecular weight is 226 g/mol. The fourth-order valence-corrected chi connectivity index (χ4v) is 2.94. The lowest BCUT2D eigenvalue weighted by atomic mass is 9.74. The maximum absolute atomic E-state index is 5.94. The third-order valence-electron chi connectivity index (χ3n) is 3.53. The molecule has 84 valence electrons. The zero-order chi connectivity index (χ0) is 10.7. The minimum Gasteiger partial charge on any atom is -0.353 e. The van der Waals surface area contributed by atoms with Crippen LogP contribution in [0.2, 0.25) is 0 Å². The van der Waals surface area contributed by atoms with Crippen LogP contribution in [0.1, 0.15) is 32.6 Å².